The van der Waals surface area contributed by atoms with Crippen molar-refractivity contribution in [1.29, 1.82) is 0 Å². The molecule has 0 unspecified atom stereocenters. The molecule has 0 aromatic heterocycles. The van der Waals surface area contributed by atoms with E-state index >= 15 is 0 Å². The standard InChI is InChI=1S/C17H19FN2O2S2/c1-2-3-9-19-15(21)8-10-20-16(22)14(24-17(20)23)11-12-6-4-5-7-13(12)18/h4-7,11H,2-3,8-10H2,1H3,(H,19,21)/b14-11+. The number of hydrogen-bond donors (Lipinski definition) is 1. The van der Waals surface area contributed by atoms with E-state index in [1.165, 1.54) is 17.0 Å². The molecule has 0 saturated carbocycles. The Bertz CT molecular complexity index is 676. The van der Waals surface area contributed by atoms with E-state index in [4.69, 9.17) is 12.2 Å². The van der Waals surface area contributed by atoms with E-state index in [1.54, 1.807) is 18.2 Å². The van der Waals surface area contributed by atoms with Gasteiger partial charge in [-0.25, -0.2) is 4.39 Å². The molecule has 1 fully saturated rings. The molecule has 0 spiro atoms. The number of nitrogens with zero attached hydrogens (tertiary/aromatic N) is 1. The quantitative estimate of drug-likeness (QED) is 0.457. The van der Waals surface area contributed by atoms with Gasteiger partial charge >= 0.3 is 0 Å². The lowest BCUT2D eigenvalue weighted by atomic mass is 10.2. The topological polar surface area (TPSA) is 49.4 Å². The second-order valence-corrected chi connectivity index (χ2v) is 6.98. The van der Waals surface area contributed by atoms with Crippen LogP contribution in [0.5, 0.6) is 0 Å². The SMILES string of the molecule is CCCCNC(=O)CCN1C(=O)/C(=C\c2ccccc2F)SC1=S. The molecular weight excluding hydrogens is 347 g/mol. The van der Waals surface area contributed by atoms with Gasteiger partial charge in [0.15, 0.2) is 0 Å². The van der Waals surface area contributed by atoms with Crippen LogP contribution in [-0.2, 0) is 9.59 Å². The summed E-state index contributed by atoms with van der Waals surface area (Å²) in [6.07, 6.45) is 3.63. The number of nitrogens with one attached hydrogen (secondary N) is 1. The monoisotopic (exact) mass is 366 g/mol. The van der Waals surface area contributed by atoms with Crippen LogP contribution in [0.25, 0.3) is 6.08 Å². The largest absolute Gasteiger partial charge is 0.356 e. The first-order chi connectivity index (χ1) is 11.5. The Hall–Kier alpha value is -1.73. The molecule has 1 heterocycles. The van der Waals surface area contributed by atoms with Crippen molar-refractivity contribution in [2.45, 2.75) is 26.2 Å². The number of hydrogen-bond acceptors (Lipinski definition) is 4. The van der Waals surface area contributed by atoms with E-state index in [0.29, 0.717) is 21.3 Å². The molecule has 24 heavy (non-hydrogen) atoms. The molecule has 2 rings (SSSR count). The lowest BCUT2D eigenvalue weighted by molar-refractivity contribution is -0.123. The summed E-state index contributed by atoms with van der Waals surface area (Å²) in [4.78, 5) is 25.9. The first-order valence-electron chi connectivity index (χ1n) is 7.79. The Kier molecular flexibility index (Phi) is 6.93. The van der Waals surface area contributed by atoms with Crippen LogP contribution >= 0.6 is 24.0 Å². The van der Waals surface area contributed by atoms with Crippen LogP contribution in [0.2, 0.25) is 0 Å². The lowest BCUT2D eigenvalue weighted by Gasteiger charge is -2.14. The Morgan fingerprint density at radius 2 is 2.17 bits per heavy atom. The van der Waals surface area contributed by atoms with Crippen LogP contribution in [-0.4, -0.2) is 34.1 Å². The third-order valence-corrected chi connectivity index (χ3v) is 4.86. The Morgan fingerprint density at radius 1 is 1.42 bits per heavy atom. The third kappa shape index (κ3) is 4.88. The highest BCUT2D eigenvalue weighted by Crippen LogP contribution is 2.32. The Morgan fingerprint density at radius 3 is 2.88 bits per heavy atom. The van der Waals surface area contributed by atoms with Crippen LogP contribution < -0.4 is 5.32 Å². The number of amides is 2. The molecule has 0 bridgehead atoms. The van der Waals surface area contributed by atoms with Crippen LogP contribution in [0.15, 0.2) is 29.2 Å². The molecule has 1 aliphatic heterocycles. The van der Waals surface area contributed by atoms with E-state index in [2.05, 4.69) is 5.32 Å². The van der Waals surface area contributed by atoms with Gasteiger partial charge < -0.3 is 5.32 Å². The fraction of sp³-hybridized carbons (Fsp3) is 0.353. The van der Waals surface area contributed by atoms with Crippen molar-refractivity contribution in [1.82, 2.24) is 10.2 Å². The number of rotatable bonds is 7. The van der Waals surface area contributed by atoms with Gasteiger partial charge in [0.2, 0.25) is 5.91 Å². The summed E-state index contributed by atoms with van der Waals surface area (Å²) in [5.74, 6) is -0.775. The molecule has 1 N–H and O–H groups in total. The first-order valence-corrected chi connectivity index (χ1v) is 9.02. The van der Waals surface area contributed by atoms with Gasteiger partial charge in [0.1, 0.15) is 10.1 Å². The normalized spacial score (nSPS) is 16.1. The van der Waals surface area contributed by atoms with Crippen molar-refractivity contribution < 1.29 is 14.0 Å². The molecule has 1 aliphatic rings. The maximum atomic E-state index is 13.7. The zero-order valence-corrected chi connectivity index (χ0v) is 15.0. The fourth-order valence-electron chi connectivity index (χ4n) is 2.13. The minimum absolute atomic E-state index is 0.101. The number of halogens is 1. The summed E-state index contributed by atoms with van der Waals surface area (Å²) in [6.45, 7) is 2.92. The minimum Gasteiger partial charge on any atom is -0.356 e. The molecule has 1 aromatic rings. The second-order valence-electron chi connectivity index (χ2n) is 5.31. The van der Waals surface area contributed by atoms with Crippen molar-refractivity contribution >= 4 is 46.2 Å². The van der Waals surface area contributed by atoms with Crippen LogP contribution in [0.3, 0.4) is 0 Å². The number of benzene rings is 1. The van der Waals surface area contributed by atoms with Crippen LogP contribution in [0.1, 0.15) is 31.7 Å². The maximum Gasteiger partial charge on any atom is 0.266 e. The van der Waals surface area contributed by atoms with E-state index in [0.717, 1.165) is 24.6 Å². The summed E-state index contributed by atoms with van der Waals surface area (Å²) in [6, 6.07) is 6.24. The van der Waals surface area contributed by atoms with Crippen molar-refractivity contribution in [3.63, 3.8) is 0 Å². The van der Waals surface area contributed by atoms with E-state index in [9.17, 15) is 14.0 Å². The molecule has 0 aliphatic carbocycles. The van der Waals surface area contributed by atoms with Crippen LogP contribution in [0, 0.1) is 5.82 Å². The maximum absolute atomic E-state index is 13.7. The molecule has 2 amide bonds. The summed E-state index contributed by atoms with van der Waals surface area (Å²) in [5, 5.41) is 2.80. The Balaban J connectivity index is 1.97. The number of unbranched alkanes of at least 4 members (excludes halogenated alkanes) is 1. The average molecular weight is 366 g/mol. The zero-order valence-electron chi connectivity index (χ0n) is 13.4. The molecule has 7 heteroatoms. The van der Waals surface area contributed by atoms with E-state index in [1.807, 2.05) is 6.92 Å². The second kappa shape index (κ2) is 8.94. The van der Waals surface area contributed by atoms with Crippen molar-refractivity contribution in [3.05, 3.63) is 40.6 Å². The highest BCUT2D eigenvalue weighted by Gasteiger charge is 2.32. The molecular formula is C17H19FN2O2S2. The molecule has 1 aromatic carbocycles. The van der Waals surface area contributed by atoms with Crippen molar-refractivity contribution in [2.24, 2.45) is 0 Å². The molecule has 128 valence electrons. The van der Waals surface area contributed by atoms with Gasteiger partial charge in [0, 0.05) is 25.1 Å². The van der Waals surface area contributed by atoms with Crippen molar-refractivity contribution in [3.8, 4) is 0 Å². The van der Waals surface area contributed by atoms with Crippen LogP contribution in [0.4, 0.5) is 4.39 Å². The lowest BCUT2D eigenvalue weighted by Crippen LogP contribution is -2.33. The van der Waals surface area contributed by atoms with Gasteiger partial charge in [-0.15, -0.1) is 0 Å². The number of thioether (sulfide) groups is 1. The first kappa shape index (κ1) is 18.6. The van der Waals surface area contributed by atoms with Gasteiger partial charge in [-0.05, 0) is 18.6 Å². The molecule has 4 nitrogen and oxygen atoms in total. The Labute approximate surface area is 150 Å². The summed E-state index contributed by atoms with van der Waals surface area (Å²) in [5.41, 5.74) is 0.343. The molecule has 0 radical (unpaired) electrons. The molecule has 0 atom stereocenters. The zero-order chi connectivity index (χ0) is 17.5. The third-order valence-electron chi connectivity index (χ3n) is 3.48. The van der Waals surface area contributed by atoms with Gasteiger partial charge in [0.05, 0.1) is 4.91 Å². The summed E-state index contributed by atoms with van der Waals surface area (Å²) >= 11 is 6.33. The van der Waals surface area contributed by atoms with Gasteiger partial charge in [-0.3, -0.25) is 14.5 Å². The predicted octanol–water partition coefficient (Wildman–Crippen LogP) is 3.33. The number of thiocarbonyl (C=S) groups is 1. The highest BCUT2D eigenvalue weighted by atomic mass is 32.2. The van der Waals surface area contributed by atoms with Gasteiger partial charge in [-0.2, -0.15) is 0 Å². The van der Waals surface area contributed by atoms with E-state index in [-0.39, 0.29) is 24.8 Å². The smallest absolute Gasteiger partial charge is 0.266 e. The van der Waals surface area contributed by atoms with Crippen molar-refractivity contribution in [2.75, 3.05) is 13.1 Å². The summed E-state index contributed by atoms with van der Waals surface area (Å²) < 4.78 is 14.1. The van der Waals surface area contributed by atoms with Gasteiger partial charge in [-0.1, -0.05) is 55.5 Å². The summed E-state index contributed by atoms with van der Waals surface area (Å²) in [7, 11) is 0. The number of carbonyl (C=O) groups excluding carboxylic acids is 2. The van der Waals surface area contributed by atoms with Gasteiger partial charge in [0.25, 0.3) is 5.91 Å². The minimum atomic E-state index is -0.391. The fourth-order valence-corrected chi connectivity index (χ4v) is 3.43. The molecule has 1 saturated heterocycles. The van der Waals surface area contributed by atoms with E-state index < -0.39 is 5.82 Å². The number of carbonyl (C=O) groups is 2. The highest BCUT2D eigenvalue weighted by molar-refractivity contribution is 8.26. The predicted molar refractivity (Wildman–Crippen MR) is 98.8 cm³/mol. The average Bonchev–Trinajstić information content (AvgIpc) is 2.82.